The maximum absolute atomic E-state index is 13.1. The van der Waals surface area contributed by atoms with Gasteiger partial charge in [-0.15, -0.1) is 21.5 Å². The van der Waals surface area contributed by atoms with Crippen molar-refractivity contribution in [2.75, 3.05) is 19.7 Å². The Morgan fingerprint density at radius 2 is 1.79 bits per heavy atom. The van der Waals surface area contributed by atoms with E-state index in [0.29, 0.717) is 50.4 Å². The van der Waals surface area contributed by atoms with E-state index in [2.05, 4.69) is 50.9 Å². The number of benzene rings is 2. The SMILES string of the molecule is CCOC(=O)C1CCN(C(=O)c2csc(CSc3nnc(Cc4ccccc4)n3-c3ccccc3C)n2)CC1. The largest absolute Gasteiger partial charge is 0.466 e. The molecule has 8 nitrogen and oxygen atoms in total. The van der Waals surface area contributed by atoms with Gasteiger partial charge < -0.3 is 9.64 Å². The molecule has 1 aliphatic rings. The smallest absolute Gasteiger partial charge is 0.309 e. The number of thioether (sulfide) groups is 1. The number of hydrogen-bond donors (Lipinski definition) is 0. The van der Waals surface area contributed by atoms with Crippen LogP contribution < -0.4 is 0 Å². The quantitative estimate of drug-likeness (QED) is 0.202. The summed E-state index contributed by atoms with van der Waals surface area (Å²) in [6.07, 6.45) is 1.92. The second-order valence-corrected chi connectivity index (χ2v) is 11.3. The number of aryl methyl sites for hydroxylation is 1. The summed E-state index contributed by atoms with van der Waals surface area (Å²) in [7, 11) is 0. The Bertz CT molecular complexity index is 1430. The number of rotatable bonds is 9. The highest BCUT2D eigenvalue weighted by atomic mass is 32.2. The molecule has 39 heavy (non-hydrogen) atoms. The van der Waals surface area contributed by atoms with E-state index in [-0.39, 0.29) is 17.8 Å². The molecule has 2 aromatic carbocycles. The van der Waals surface area contributed by atoms with E-state index < -0.39 is 0 Å². The fraction of sp³-hybridized carbons (Fsp3) is 0.345. The van der Waals surface area contributed by atoms with Crippen LogP contribution in [-0.4, -0.2) is 56.2 Å². The molecule has 202 valence electrons. The molecule has 0 aliphatic carbocycles. The lowest BCUT2D eigenvalue weighted by Gasteiger charge is -2.30. The van der Waals surface area contributed by atoms with Gasteiger partial charge >= 0.3 is 5.97 Å². The lowest BCUT2D eigenvalue weighted by Crippen LogP contribution is -2.40. The molecule has 10 heteroatoms. The minimum absolute atomic E-state index is 0.0852. The van der Waals surface area contributed by atoms with Gasteiger partial charge in [0.2, 0.25) is 0 Å². The summed E-state index contributed by atoms with van der Waals surface area (Å²) < 4.78 is 7.26. The molecular weight excluding hydrogens is 530 g/mol. The fourth-order valence-corrected chi connectivity index (χ4v) is 6.43. The van der Waals surface area contributed by atoms with Crippen LogP contribution in [0.3, 0.4) is 0 Å². The van der Waals surface area contributed by atoms with E-state index in [9.17, 15) is 9.59 Å². The molecule has 0 saturated carbocycles. The van der Waals surface area contributed by atoms with E-state index in [4.69, 9.17) is 4.74 Å². The minimum Gasteiger partial charge on any atom is -0.466 e. The zero-order valence-electron chi connectivity index (χ0n) is 22.1. The summed E-state index contributed by atoms with van der Waals surface area (Å²) in [5.41, 5.74) is 3.82. The average Bonchev–Trinajstić information content (AvgIpc) is 3.60. The van der Waals surface area contributed by atoms with Crippen LogP contribution in [0.4, 0.5) is 0 Å². The van der Waals surface area contributed by atoms with Gasteiger partial charge in [-0.2, -0.15) is 0 Å². The van der Waals surface area contributed by atoms with Crippen molar-refractivity contribution in [2.45, 2.75) is 44.0 Å². The molecule has 1 saturated heterocycles. The molecule has 0 atom stereocenters. The minimum atomic E-state index is -0.164. The summed E-state index contributed by atoms with van der Waals surface area (Å²) in [6, 6.07) is 18.5. The van der Waals surface area contributed by atoms with E-state index in [1.807, 2.05) is 42.6 Å². The van der Waals surface area contributed by atoms with Crippen molar-refractivity contribution in [1.82, 2.24) is 24.6 Å². The maximum atomic E-state index is 13.1. The van der Waals surface area contributed by atoms with Gasteiger partial charge in [0, 0.05) is 24.9 Å². The van der Waals surface area contributed by atoms with Crippen molar-refractivity contribution in [3.8, 4) is 5.69 Å². The van der Waals surface area contributed by atoms with Crippen LogP contribution in [0.25, 0.3) is 5.69 Å². The normalized spacial score (nSPS) is 13.9. The van der Waals surface area contributed by atoms with E-state index >= 15 is 0 Å². The third kappa shape index (κ3) is 6.39. The van der Waals surface area contributed by atoms with Crippen LogP contribution in [0.2, 0.25) is 0 Å². The van der Waals surface area contributed by atoms with Gasteiger partial charge in [-0.05, 0) is 43.9 Å². The highest BCUT2D eigenvalue weighted by Gasteiger charge is 2.29. The first kappa shape index (κ1) is 27.1. The molecule has 4 aromatic rings. The number of thiazole rings is 1. The van der Waals surface area contributed by atoms with Crippen LogP contribution in [0.15, 0.2) is 65.1 Å². The number of hydrogen-bond acceptors (Lipinski definition) is 8. The van der Waals surface area contributed by atoms with Crippen LogP contribution in [0, 0.1) is 12.8 Å². The van der Waals surface area contributed by atoms with Crippen molar-refractivity contribution in [2.24, 2.45) is 5.92 Å². The van der Waals surface area contributed by atoms with Crippen molar-refractivity contribution >= 4 is 35.0 Å². The summed E-state index contributed by atoms with van der Waals surface area (Å²) in [5, 5.41) is 12.6. The Kier molecular flexibility index (Phi) is 8.73. The molecule has 0 radical (unpaired) electrons. The van der Waals surface area contributed by atoms with Gasteiger partial charge in [-0.3, -0.25) is 14.2 Å². The predicted octanol–water partition coefficient (Wildman–Crippen LogP) is 5.33. The standard InChI is InChI=1S/C29H31N5O3S2/c1-3-37-28(36)22-13-15-33(16-14-22)27(35)23-18-38-26(30-23)19-39-29-32-31-25(17-21-10-5-4-6-11-21)34(29)24-12-8-7-9-20(24)2/h4-12,18,22H,3,13-17,19H2,1-2H3. The predicted molar refractivity (Wildman–Crippen MR) is 152 cm³/mol. The molecule has 1 amide bonds. The Morgan fingerprint density at radius 3 is 2.54 bits per heavy atom. The molecule has 1 fully saturated rings. The molecule has 5 rings (SSSR count). The van der Waals surface area contributed by atoms with Crippen molar-refractivity contribution < 1.29 is 14.3 Å². The Morgan fingerprint density at radius 1 is 1.05 bits per heavy atom. The monoisotopic (exact) mass is 561 g/mol. The molecule has 2 aromatic heterocycles. The van der Waals surface area contributed by atoms with Gasteiger partial charge in [-0.25, -0.2) is 4.98 Å². The molecule has 0 spiro atoms. The number of ether oxygens (including phenoxy) is 1. The van der Waals surface area contributed by atoms with Gasteiger partial charge in [0.15, 0.2) is 5.16 Å². The third-order valence-corrected chi connectivity index (χ3v) is 8.73. The molecule has 1 aliphatic heterocycles. The van der Waals surface area contributed by atoms with Crippen LogP contribution in [-0.2, 0) is 21.7 Å². The van der Waals surface area contributed by atoms with Gasteiger partial charge in [0.1, 0.15) is 16.5 Å². The third-order valence-electron chi connectivity index (χ3n) is 6.76. The second-order valence-electron chi connectivity index (χ2n) is 9.42. The lowest BCUT2D eigenvalue weighted by atomic mass is 9.97. The fourth-order valence-electron chi connectivity index (χ4n) is 4.69. The Labute approximate surface area is 236 Å². The average molecular weight is 562 g/mol. The molecule has 3 heterocycles. The van der Waals surface area contributed by atoms with Gasteiger partial charge in [0.05, 0.1) is 24.0 Å². The van der Waals surface area contributed by atoms with Gasteiger partial charge in [-0.1, -0.05) is 60.3 Å². The van der Waals surface area contributed by atoms with E-state index in [1.54, 1.807) is 16.7 Å². The molecule has 0 N–H and O–H groups in total. The number of esters is 1. The lowest BCUT2D eigenvalue weighted by molar-refractivity contribution is -0.149. The summed E-state index contributed by atoms with van der Waals surface area (Å²) in [4.78, 5) is 31.5. The first-order valence-electron chi connectivity index (χ1n) is 13.1. The van der Waals surface area contributed by atoms with Crippen LogP contribution in [0.1, 0.15) is 52.2 Å². The first-order chi connectivity index (χ1) is 19.0. The van der Waals surface area contributed by atoms with Crippen molar-refractivity contribution in [3.05, 3.63) is 87.6 Å². The number of aromatic nitrogens is 4. The number of carbonyl (C=O) groups excluding carboxylic acids is 2. The topological polar surface area (TPSA) is 90.2 Å². The second kappa shape index (κ2) is 12.6. The zero-order valence-corrected chi connectivity index (χ0v) is 23.7. The van der Waals surface area contributed by atoms with Crippen LogP contribution in [0.5, 0.6) is 0 Å². The molecular formula is C29H31N5O3S2. The molecule has 0 bridgehead atoms. The van der Waals surface area contributed by atoms with Crippen molar-refractivity contribution in [1.29, 1.82) is 0 Å². The Balaban J connectivity index is 1.27. The first-order valence-corrected chi connectivity index (χ1v) is 15.0. The van der Waals surface area contributed by atoms with E-state index in [1.165, 1.54) is 16.9 Å². The highest BCUT2D eigenvalue weighted by Crippen LogP contribution is 2.29. The van der Waals surface area contributed by atoms with Crippen molar-refractivity contribution in [3.63, 3.8) is 0 Å². The number of nitrogens with zero attached hydrogens (tertiary/aromatic N) is 5. The Hall–Kier alpha value is -3.50. The number of carbonyl (C=O) groups is 2. The zero-order chi connectivity index (χ0) is 27.2. The number of para-hydroxylation sites is 1. The number of likely N-dealkylation sites (tertiary alicyclic amines) is 1. The summed E-state index contributed by atoms with van der Waals surface area (Å²) in [6.45, 7) is 5.35. The maximum Gasteiger partial charge on any atom is 0.309 e. The highest BCUT2D eigenvalue weighted by molar-refractivity contribution is 7.98. The number of amides is 1. The van der Waals surface area contributed by atoms with Crippen LogP contribution >= 0.6 is 23.1 Å². The van der Waals surface area contributed by atoms with E-state index in [0.717, 1.165) is 27.2 Å². The number of piperidine rings is 1. The summed E-state index contributed by atoms with van der Waals surface area (Å²) >= 11 is 3.04. The summed E-state index contributed by atoms with van der Waals surface area (Å²) in [5.74, 6) is 1.08. The molecule has 0 unspecified atom stereocenters. The van der Waals surface area contributed by atoms with Gasteiger partial charge in [0.25, 0.3) is 5.91 Å².